The van der Waals surface area contributed by atoms with Crippen molar-refractivity contribution in [2.24, 2.45) is 5.92 Å². The van der Waals surface area contributed by atoms with E-state index in [0.29, 0.717) is 15.4 Å². The number of benzene rings is 1. The van der Waals surface area contributed by atoms with Gasteiger partial charge in [-0.3, -0.25) is 0 Å². The van der Waals surface area contributed by atoms with Crippen molar-refractivity contribution in [2.45, 2.75) is 50.1 Å². The number of alkyl halides is 1. The number of rotatable bonds is 7. The summed E-state index contributed by atoms with van der Waals surface area (Å²) in [5.41, 5.74) is 0.637. The van der Waals surface area contributed by atoms with Crippen molar-refractivity contribution < 1.29 is 9.53 Å². The highest BCUT2D eigenvalue weighted by molar-refractivity contribution is 14.1. The van der Waals surface area contributed by atoms with Crippen LogP contribution in [-0.2, 0) is 4.74 Å². The highest BCUT2D eigenvalue weighted by Gasteiger charge is 2.19. The first-order valence-corrected chi connectivity index (χ1v) is 8.17. The van der Waals surface area contributed by atoms with E-state index < -0.39 is 0 Å². The summed E-state index contributed by atoms with van der Waals surface area (Å²) in [5.74, 6) is 0.384. The molecule has 106 valence electrons. The van der Waals surface area contributed by atoms with Crippen LogP contribution in [0.5, 0.6) is 0 Å². The van der Waals surface area contributed by atoms with Crippen molar-refractivity contribution in [3.05, 3.63) is 35.9 Å². The van der Waals surface area contributed by atoms with Gasteiger partial charge in [-0.1, -0.05) is 68.0 Å². The normalized spacial score (nSPS) is 15.6. The predicted molar refractivity (Wildman–Crippen MR) is 87.8 cm³/mol. The van der Waals surface area contributed by atoms with Crippen molar-refractivity contribution in [1.29, 1.82) is 0 Å². The van der Waals surface area contributed by atoms with Crippen LogP contribution < -0.4 is 0 Å². The maximum Gasteiger partial charge on any atom is 0.338 e. The van der Waals surface area contributed by atoms with Gasteiger partial charge >= 0.3 is 5.97 Å². The average Bonchev–Trinajstić information content (AvgIpc) is 2.38. The molecule has 0 saturated heterocycles. The zero-order valence-corrected chi connectivity index (χ0v) is 14.1. The summed E-state index contributed by atoms with van der Waals surface area (Å²) in [4.78, 5) is 12.1. The first kappa shape index (κ1) is 16.5. The Kier molecular flexibility index (Phi) is 7.42. The van der Waals surface area contributed by atoms with Gasteiger partial charge in [-0.05, 0) is 30.9 Å². The molecule has 0 aliphatic rings. The lowest BCUT2D eigenvalue weighted by molar-refractivity contribution is 0.0229. The van der Waals surface area contributed by atoms with Crippen LogP contribution in [0, 0.1) is 5.92 Å². The van der Waals surface area contributed by atoms with Crippen molar-refractivity contribution in [2.75, 3.05) is 0 Å². The summed E-state index contributed by atoms with van der Waals surface area (Å²) < 4.78 is 6.19. The fourth-order valence-electron chi connectivity index (χ4n) is 1.96. The van der Waals surface area contributed by atoms with E-state index in [9.17, 15) is 4.79 Å². The summed E-state index contributed by atoms with van der Waals surface area (Å²) in [6.07, 6.45) is 3.01. The standard InChI is InChI=1S/C16H23IO2/c1-4-12(2)10-15(11-13(3)17)19-16(18)14-8-6-5-7-9-14/h5-9,12-13,15H,4,10-11H2,1-3H3/t12-,13-,15+/m1/s1. The minimum absolute atomic E-state index is 0.0227. The highest BCUT2D eigenvalue weighted by Crippen LogP contribution is 2.20. The molecule has 1 rings (SSSR count). The number of hydrogen-bond acceptors (Lipinski definition) is 2. The summed E-state index contributed by atoms with van der Waals surface area (Å²) in [6.45, 7) is 6.54. The molecule has 0 unspecified atom stereocenters. The highest BCUT2D eigenvalue weighted by atomic mass is 127. The molecule has 19 heavy (non-hydrogen) atoms. The molecule has 0 heterocycles. The van der Waals surface area contributed by atoms with Crippen LogP contribution in [0.1, 0.15) is 50.4 Å². The van der Waals surface area contributed by atoms with Crippen LogP contribution in [0.25, 0.3) is 0 Å². The molecule has 1 aromatic carbocycles. The van der Waals surface area contributed by atoms with Crippen molar-refractivity contribution in [1.82, 2.24) is 0 Å². The third-order valence-electron chi connectivity index (χ3n) is 3.23. The quantitative estimate of drug-likeness (QED) is 0.387. The third kappa shape index (κ3) is 6.41. The Morgan fingerprint density at radius 1 is 1.21 bits per heavy atom. The second-order valence-corrected chi connectivity index (χ2v) is 7.29. The van der Waals surface area contributed by atoms with E-state index in [2.05, 4.69) is 43.4 Å². The van der Waals surface area contributed by atoms with E-state index in [4.69, 9.17) is 4.74 Å². The zero-order valence-electron chi connectivity index (χ0n) is 11.9. The molecular formula is C16H23IO2. The van der Waals surface area contributed by atoms with Gasteiger partial charge in [-0.15, -0.1) is 0 Å². The summed E-state index contributed by atoms with van der Waals surface area (Å²) >= 11 is 2.39. The van der Waals surface area contributed by atoms with Gasteiger partial charge in [-0.25, -0.2) is 4.79 Å². The molecule has 0 aromatic heterocycles. The lowest BCUT2D eigenvalue weighted by Gasteiger charge is -2.22. The predicted octanol–water partition coefficient (Wildman–Crippen LogP) is 4.86. The fourth-order valence-corrected chi connectivity index (χ4v) is 2.53. The summed E-state index contributed by atoms with van der Waals surface area (Å²) in [7, 11) is 0. The second kappa shape index (κ2) is 8.56. The van der Waals surface area contributed by atoms with Gasteiger partial charge in [0.25, 0.3) is 0 Å². The van der Waals surface area contributed by atoms with Crippen LogP contribution in [0.4, 0.5) is 0 Å². The monoisotopic (exact) mass is 374 g/mol. The Hall–Kier alpha value is -0.580. The Morgan fingerprint density at radius 3 is 2.37 bits per heavy atom. The van der Waals surface area contributed by atoms with E-state index in [0.717, 1.165) is 19.3 Å². The number of ether oxygens (including phenoxy) is 1. The smallest absolute Gasteiger partial charge is 0.338 e. The van der Waals surface area contributed by atoms with Gasteiger partial charge < -0.3 is 4.74 Å². The fraction of sp³-hybridized carbons (Fsp3) is 0.562. The van der Waals surface area contributed by atoms with E-state index >= 15 is 0 Å². The maximum absolute atomic E-state index is 12.1. The van der Waals surface area contributed by atoms with Gasteiger partial charge in [-0.2, -0.15) is 0 Å². The molecule has 0 amide bonds. The molecule has 0 fully saturated rings. The van der Waals surface area contributed by atoms with Crippen LogP contribution in [0.15, 0.2) is 30.3 Å². The second-order valence-electron chi connectivity index (χ2n) is 5.16. The van der Waals surface area contributed by atoms with E-state index in [-0.39, 0.29) is 12.1 Å². The van der Waals surface area contributed by atoms with Crippen LogP contribution >= 0.6 is 22.6 Å². The molecule has 0 spiro atoms. The number of halogens is 1. The average molecular weight is 374 g/mol. The summed E-state index contributed by atoms with van der Waals surface area (Å²) in [6, 6.07) is 9.23. The molecule has 0 aliphatic carbocycles. The number of carbonyl (C=O) groups is 1. The van der Waals surface area contributed by atoms with Crippen LogP contribution in [0.3, 0.4) is 0 Å². The Morgan fingerprint density at radius 2 is 1.84 bits per heavy atom. The SMILES string of the molecule is CC[C@@H](C)C[C@@H](C[C@@H](C)I)OC(=O)c1ccccc1. The Balaban J connectivity index is 2.63. The Labute approximate surface area is 130 Å². The minimum Gasteiger partial charge on any atom is -0.459 e. The maximum atomic E-state index is 12.1. The van der Waals surface area contributed by atoms with Gasteiger partial charge in [0.15, 0.2) is 0 Å². The van der Waals surface area contributed by atoms with Gasteiger partial charge in [0, 0.05) is 3.92 Å². The summed E-state index contributed by atoms with van der Waals surface area (Å²) in [5, 5.41) is 0. The molecule has 1 aromatic rings. The van der Waals surface area contributed by atoms with Crippen molar-refractivity contribution >= 4 is 28.6 Å². The largest absolute Gasteiger partial charge is 0.459 e. The molecule has 2 nitrogen and oxygen atoms in total. The zero-order chi connectivity index (χ0) is 14.3. The number of hydrogen-bond donors (Lipinski definition) is 0. The van der Waals surface area contributed by atoms with Gasteiger partial charge in [0.1, 0.15) is 6.10 Å². The van der Waals surface area contributed by atoms with E-state index in [1.807, 2.05) is 18.2 Å². The van der Waals surface area contributed by atoms with E-state index in [1.54, 1.807) is 12.1 Å². The van der Waals surface area contributed by atoms with Crippen LogP contribution in [-0.4, -0.2) is 16.0 Å². The topological polar surface area (TPSA) is 26.3 Å². The molecule has 3 heteroatoms. The molecule has 0 radical (unpaired) electrons. The molecule has 0 bridgehead atoms. The molecular weight excluding hydrogens is 351 g/mol. The first-order chi connectivity index (χ1) is 9.02. The first-order valence-electron chi connectivity index (χ1n) is 6.93. The third-order valence-corrected chi connectivity index (χ3v) is 3.74. The Bertz CT molecular complexity index is 376. The van der Waals surface area contributed by atoms with Crippen molar-refractivity contribution in [3.63, 3.8) is 0 Å². The molecule has 0 aliphatic heterocycles. The van der Waals surface area contributed by atoms with Crippen LogP contribution in [0.2, 0.25) is 0 Å². The van der Waals surface area contributed by atoms with E-state index in [1.165, 1.54) is 0 Å². The van der Waals surface area contributed by atoms with Gasteiger partial charge in [0.05, 0.1) is 5.56 Å². The van der Waals surface area contributed by atoms with Crippen molar-refractivity contribution in [3.8, 4) is 0 Å². The molecule has 0 saturated carbocycles. The minimum atomic E-state index is -0.203. The lowest BCUT2D eigenvalue weighted by atomic mass is 9.98. The van der Waals surface area contributed by atoms with Gasteiger partial charge in [0.2, 0.25) is 0 Å². The number of carbonyl (C=O) groups excluding carboxylic acids is 1. The molecule has 0 N–H and O–H groups in total. The number of esters is 1. The molecule has 3 atom stereocenters. The lowest BCUT2D eigenvalue weighted by Crippen LogP contribution is -2.23.